The van der Waals surface area contributed by atoms with E-state index in [2.05, 4.69) is 73.0 Å². The summed E-state index contributed by atoms with van der Waals surface area (Å²) in [4.78, 5) is 13.1. The molecule has 0 aromatic rings. The van der Waals surface area contributed by atoms with Gasteiger partial charge in [0.25, 0.3) is 0 Å². The highest BCUT2D eigenvalue weighted by atomic mass is 16.8. The second-order valence-electron chi connectivity index (χ2n) is 19.7. The minimum absolute atomic E-state index is 0.232. The minimum Gasteiger partial charge on any atom is -0.394 e. The molecule has 0 bridgehead atoms. The molecule has 3 fully saturated rings. The van der Waals surface area contributed by atoms with E-state index in [0.717, 1.165) is 70.6 Å². The predicted octanol–water partition coefficient (Wildman–Crippen LogP) is 3.48. The average molecular weight is 1070 g/mol. The molecule has 0 aliphatic carbocycles. The topological polar surface area (TPSA) is 307 Å². The van der Waals surface area contributed by atoms with Crippen LogP contribution in [0.15, 0.2) is 72.9 Å². The number of unbranched alkanes of at least 4 members (excludes halogenated alkanes) is 12. The van der Waals surface area contributed by atoms with Crippen molar-refractivity contribution in [2.24, 2.45) is 0 Å². The van der Waals surface area contributed by atoms with Crippen LogP contribution in [0, 0.1) is 0 Å². The maximum absolute atomic E-state index is 13.1. The highest BCUT2D eigenvalue weighted by Gasteiger charge is 2.53. The first-order chi connectivity index (χ1) is 36.3. The highest BCUT2D eigenvalue weighted by molar-refractivity contribution is 5.76. The van der Waals surface area contributed by atoms with E-state index >= 15 is 0 Å². The molecule has 3 aliphatic heterocycles. The second kappa shape index (κ2) is 39.6. The van der Waals surface area contributed by atoms with Crippen molar-refractivity contribution < 1.29 is 89.4 Å². The van der Waals surface area contributed by atoms with Crippen LogP contribution in [0.25, 0.3) is 0 Å². The summed E-state index contributed by atoms with van der Waals surface area (Å²) in [6.07, 6.45) is 18.9. The summed E-state index contributed by atoms with van der Waals surface area (Å²) in [5.74, 6) is -0.296. The second-order valence-corrected chi connectivity index (χ2v) is 19.7. The van der Waals surface area contributed by atoms with Gasteiger partial charge in [-0.25, -0.2) is 0 Å². The van der Waals surface area contributed by atoms with E-state index in [1.807, 2.05) is 6.92 Å². The lowest BCUT2D eigenvalue weighted by molar-refractivity contribution is -0.379. The Bertz CT molecular complexity index is 1660. The van der Waals surface area contributed by atoms with Crippen LogP contribution < -0.4 is 5.32 Å². The Labute approximate surface area is 445 Å². The first-order valence-corrected chi connectivity index (χ1v) is 27.7. The molecular formula is C56H95NO18. The number of hydrogen-bond donors (Lipinski definition) is 12. The van der Waals surface area contributed by atoms with E-state index in [1.54, 1.807) is 12.2 Å². The van der Waals surface area contributed by atoms with Crippen LogP contribution in [0.2, 0.25) is 0 Å². The first-order valence-electron chi connectivity index (χ1n) is 27.7. The van der Waals surface area contributed by atoms with Crippen LogP contribution in [-0.4, -0.2) is 193 Å². The number of aliphatic hydroxyl groups is 11. The molecule has 0 spiro atoms. The summed E-state index contributed by atoms with van der Waals surface area (Å²) in [6, 6.07) is -0.973. The summed E-state index contributed by atoms with van der Waals surface area (Å²) in [5.41, 5.74) is 0. The number of amides is 1. The van der Waals surface area contributed by atoms with Gasteiger partial charge in [-0.1, -0.05) is 151 Å². The molecule has 432 valence electrons. The minimum atomic E-state index is -1.98. The third-order valence-electron chi connectivity index (χ3n) is 13.5. The summed E-state index contributed by atoms with van der Waals surface area (Å²) < 4.78 is 33.9. The Morgan fingerprint density at radius 3 is 1.41 bits per heavy atom. The Morgan fingerprint density at radius 1 is 0.493 bits per heavy atom. The molecule has 3 aliphatic rings. The number of carbonyl (C=O) groups excluding carboxylic acids is 1. The zero-order valence-electron chi connectivity index (χ0n) is 44.5. The highest BCUT2D eigenvalue weighted by Crippen LogP contribution is 2.33. The van der Waals surface area contributed by atoms with E-state index in [9.17, 15) is 61.0 Å². The van der Waals surface area contributed by atoms with Crippen LogP contribution in [0.1, 0.15) is 142 Å². The summed E-state index contributed by atoms with van der Waals surface area (Å²) in [5, 5.41) is 119. The van der Waals surface area contributed by atoms with Crippen LogP contribution in [0.3, 0.4) is 0 Å². The molecular weight excluding hydrogens is 975 g/mol. The van der Waals surface area contributed by atoms with Gasteiger partial charge < -0.3 is 89.9 Å². The Morgan fingerprint density at radius 2 is 0.920 bits per heavy atom. The van der Waals surface area contributed by atoms with E-state index in [4.69, 9.17) is 28.4 Å². The zero-order valence-corrected chi connectivity index (χ0v) is 44.5. The molecule has 75 heavy (non-hydrogen) atoms. The fraction of sp³-hybridized carbons (Fsp3) is 0.768. The third-order valence-corrected chi connectivity index (χ3v) is 13.5. The number of hydrogen-bond acceptors (Lipinski definition) is 18. The molecule has 0 radical (unpaired) electrons. The van der Waals surface area contributed by atoms with Gasteiger partial charge in [0.05, 0.1) is 38.6 Å². The van der Waals surface area contributed by atoms with Gasteiger partial charge in [-0.15, -0.1) is 0 Å². The number of nitrogens with one attached hydrogen (secondary N) is 1. The fourth-order valence-corrected chi connectivity index (χ4v) is 8.93. The van der Waals surface area contributed by atoms with Crippen molar-refractivity contribution >= 4 is 5.91 Å². The molecule has 3 heterocycles. The predicted molar refractivity (Wildman–Crippen MR) is 281 cm³/mol. The Hall–Kier alpha value is -2.77. The Kier molecular flexibility index (Phi) is 35.1. The average Bonchev–Trinajstić information content (AvgIpc) is 3.40. The van der Waals surface area contributed by atoms with Crippen molar-refractivity contribution in [1.29, 1.82) is 0 Å². The van der Waals surface area contributed by atoms with Gasteiger partial charge in [0, 0.05) is 6.42 Å². The molecule has 3 rings (SSSR count). The lowest BCUT2D eigenvalue weighted by Crippen LogP contribution is -2.66. The van der Waals surface area contributed by atoms with Crippen molar-refractivity contribution in [1.82, 2.24) is 5.32 Å². The number of aliphatic hydroxyl groups excluding tert-OH is 11. The van der Waals surface area contributed by atoms with Crippen LogP contribution in [0.5, 0.6) is 0 Å². The van der Waals surface area contributed by atoms with Gasteiger partial charge in [-0.3, -0.25) is 4.79 Å². The number of rotatable bonds is 38. The maximum atomic E-state index is 13.1. The van der Waals surface area contributed by atoms with Gasteiger partial charge >= 0.3 is 0 Å². The van der Waals surface area contributed by atoms with Gasteiger partial charge in [0.1, 0.15) is 73.2 Å². The third kappa shape index (κ3) is 24.4. The van der Waals surface area contributed by atoms with E-state index in [-0.39, 0.29) is 18.9 Å². The van der Waals surface area contributed by atoms with E-state index in [1.165, 1.54) is 38.5 Å². The number of ether oxygens (including phenoxy) is 6. The molecule has 0 aromatic carbocycles. The van der Waals surface area contributed by atoms with E-state index in [0.29, 0.717) is 12.8 Å². The molecule has 0 aromatic heterocycles. The fourth-order valence-electron chi connectivity index (χ4n) is 8.93. The molecule has 19 nitrogen and oxygen atoms in total. The SMILES string of the molecule is CC/C=C\C/C=C\C/C=C\C/C=C\C/C=C\CCCCCCCCCCCCCC(=O)NC(COC1OC(CO)C(OC2OC(CO)C(OC3OC(CO)C(O)C(O)C3O)C(O)C2O)C(O)C1O)C(O)/C=C/CCC. The van der Waals surface area contributed by atoms with Crippen molar-refractivity contribution in [2.75, 3.05) is 26.4 Å². The first kappa shape index (κ1) is 66.5. The van der Waals surface area contributed by atoms with Gasteiger partial charge in [-0.2, -0.15) is 0 Å². The normalized spacial score (nSPS) is 31.8. The summed E-state index contributed by atoms with van der Waals surface area (Å²) in [7, 11) is 0. The number of carbonyl (C=O) groups is 1. The van der Waals surface area contributed by atoms with Crippen LogP contribution >= 0.6 is 0 Å². The van der Waals surface area contributed by atoms with Gasteiger partial charge in [0.15, 0.2) is 18.9 Å². The quantitative estimate of drug-likeness (QED) is 0.0311. The van der Waals surface area contributed by atoms with Gasteiger partial charge in [0.2, 0.25) is 5.91 Å². The van der Waals surface area contributed by atoms with Crippen molar-refractivity contribution in [3.05, 3.63) is 72.9 Å². The van der Waals surface area contributed by atoms with Gasteiger partial charge in [-0.05, 0) is 57.8 Å². The molecule has 17 unspecified atom stereocenters. The van der Waals surface area contributed by atoms with Crippen LogP contribution in [0.4, 0.5) is 0 Å². The molecule has 1 amide bonds. The van der Waals surface area contributed by atoms with Crippen molar-refractivity contribution in [2.45, 2.75) is 247 Å². The zero-order chi connectivity index (χ0) is 54.8. The number of allylic oxidation sites excluding steroid dienone is 11. The maximum Gasteiger partial charge on any atom is 0.220 e. The van der Waals surface area contributed by atoms with E-state index < -0.39 is 124 Å². The molecule has 3 saturated heterocycles. The summed E-state index contributed by atoms with van der Waals surface area (Å²) in [6.45, 7) is 1.33. The standard InChI is InChI=1S/C56H95NO18/c1-3-5-7-8-9-10-11-12-13-14-15-16-17-18-19-20-21-22-23-24-25-26-27-28-29-30-32-34-44(62)57-39(40(61)33-31-6-4-2)38-70-54-50(68)47(65)52(42(36-59)72-54)75-56-51(69)48(66)53(43(37-60)73-56)74-55-49(67)46(64)45(63)41(35-58)71-55/h5,7,9-10,12-13,15-16,18-19,31,33,39-43,45-56,58-61,63-69H,3-4,6,8,11,14,17,20-30,32,34-38H2,1-2H3,(H,57,62)/b7-5-,10-9-,13-12-,16-15-,19-18-,33-31+. The smallest absolute Gasteiger partial charge is 0.220 e. The summed E-state index contributed by atoms with van der Waals surface area (Å²) >= 11 is 0. The monoisotopic (exact) mass is 1070 g/mol. The largest absolute Gasteiger partial charge is 0.394 e. The Balaban J connectivity index is 1.34. The molecule has 19 heteroatoms. The lowest BCUT2D eigenvalue weighted by Gasteiger charge is -2.48. The van der Waals surface area contributed by atoms with Crippen LogP contribution in [-0.2, 0) is 33.2 Å². The molecule has 17 atom stereocenters. The lowest BCUT2D eigenvalue weighted by atomic mass is 9.96. The molecule has 0 saturated carbocycles. The molecule has 12 N–H and O–H groups in total. The van der Waals surface area contributed by atoms with Crippen molar-refractivity contribution in [3.8, 4) is 0 Å². The van der Waals surface area contributed by atoms with Crippen molar-refractivity contribution in [3.63, 3.8) is 0 Å².